The normalized spacial score (nSPS) is 22.6. The van der Waals surface area contributed by atoms with E-state index in [1.165, 1.54) is 6.42 Å². The number of carbonyl (C=O) groups is 1. The fraction of sp³-hybridized carbons (Fsp3) is 0.588. The summed E-state index contributed by atoms with van der Waals surface area (Å²) in [7, 11) is 0. The molecule has 0 saturated carbocycles. The lowest BCUT2D eigenvalue weighted by molar-refractivity contribution is 0.0103. The highest BCUT2D eigenvalue weighted by Crippen LogP contribution is 2.35. The van der Waals surface area contributed by atoms with E-state index < -0.39 is 17.7 Å². The molecule has 2 aliphatic rings. The van der Waals surface area contributed by atoms with E-state index in [1.807, 2.05) is 0 Å². The zero-order valence-electron chi connectivity index (χ0n) is 13.4. The minimum absolute atomic E-state index is 0.0963. The van der Waals surface area contributed by atoms with Crippen molar-refractivity contribution in [1.82, 2.24) is 10.6 Å². The van der Waals surface area contributed by atoms with Gasteiger partial charge in [0.15, 0.2) is 0 Å². The second-order valence-electron chi connectivity index (χ2n) is 6.19. The third kappa shape index (κ3) is 4.14. The van der Waals surface area contributed by atoms with E-state index in [2.05, 4.69) is 10.6 Å². The van der Waals surface area contributed by atoms with Crippen LogP contribution in [0.25, 0.3) is 0 Å². The number of hydrogen-bond acceptors (Lipinski definition) is 3. The first-order valence-electron chi connectivity index (χ1n) is 8.41. The van der Waals surface area contributed by atoms with Gasteiger partial charge in [-0.05, 0) is 32.1 Å². The van der Waals surface area contributed by atoms with E-state index in [9.17, 15) is 13.6 Å². The molecule has 5 nitrogen and oxygen atoms in total. The molecule has 0 bridgehead atoms. The van der Waals surface area contributed by atoms with Crippen molar-refractivity contribution in [2.45, 2.75) is 44.2 Å². The quantitative estimate of drug-likeness (QED) is 0.810. The highest BCUT2D eigenvalue weighted by molar-refractivity contribution is 5.74. The molecule has 2 aliphatic heterocycles. The summed E-state index contributed by atoms with van der Waals surface area (Å²) in [6, 6.07) is 0.930. The van der Waals surface area contributed by atoms with E-state index in [-0.39, 0.29) is 24.0 Å². The lowest BCUT2D eigenvalue weighted by Gasteiger charge is -2.22. The monoisotopic (exact) mass is 340 g/mol. The van der Waals surface area contributed by atoms with Crippen LogP contribution in [0.5, 0.6) is 5.75 Å². The first kappa shape index (κ1) is 17.0. The van der Waals surface area contributed by atoms with E-state index in [0.29, 0.717) is 12.6 Å². The number of ether oxygens (including phenoxy) is 2. The van der Waals surface area contributed by atoms with E-state index >= 15 is 0 Å². The van der Waals surface area contributed by atoms with Crippen LogP contribution in [0.1, 0.15) is 43.7 Å². The van der Waals surface area contributed by atoms with Gasteiger partial charge in [-0.3, -0.25) is 0 Å². The minimum Gasteiger partial charge on any atom is -0.490 e. The average molecular weight is 340 g/mol. The Morgan fingerprint density at radius 3 is 2.96 bits per heavy atom. The Labute approximate surface area is 139 Å². The Morgan fingerprint density at radius 1 is 1.29 bits per heavy atom. The van der Waals surface area contributed by atoms with Crippen LogP contribution in [0.3, 0.4) is 0 Å². The molecule has 2 N–H and O–H groups in total. The third-order valence-corrected chi connectivity index (χ3v) is 4.38. The van der Waals surface area contributed by atoms with Gasteiger partial charge in [-0.25, -0.2) is 13.6 Å². The molecule has 2 heterocycles. The number of fused-ring (bicyclic) bond motifs is 1. The van der Waals surface area contributed by atoms with Crippen molar-refractivity contribution in [3.8, 4) is 5.75 Å². The number of urea groups is 1. The van der Waals surface area contributed by atoms with Crippen molar-refractivity contribution in [3.05, 3.63) is 29.3 Å². The number of nitrogens with one attached hydrogen (secondary N) is 2. The Kier molecular flexibility index (Phi) is 5.50. The first-order valence-corrected chi connectivity index (χ1v) is 8.41. The summed E-state index contributed by atoms with van der Waals surface area (Å²) in [5.41, 5.74) is 0.196. The number of benzene rings is 1. The molecule has 0 aromatic heterocycles. The van der Waals surface area contributed by atoms with Gasteiger partial charge in [0.1, 0.15) is 24.0 Å². The number of amides is 2. The summed E-state index contributed by atoms with van der Waals surface area (Å²) < 4.78 is 37.9. The van der Waals surface area contributed by atoms with Gasteiger partial charge in [0.05, 0.1) is 17.7 Å². The molecule has 3 rings (SSSR count). The zero-order chi connectivity index (χ0) is 16.9. The molecular weight excluding hydrogens is 318 g/mol. The zero-order valence-corrected chi connectivity index (χ0v) is 13.4. The highest BCUT2D eigenvalue weighted by Gasteiger charge is 2.29. The molecule has 7 heteroatoms. The van der Waals surface area contributed by atoms with Crippen LogP contribution >= 0.6 is 0 Å². The van der Waals surface area contributed by atoms with Gasteiger partial charge in [0, 0.05) is 25.3 Å². The smallest absolute Gasteiger partial charge is 0.315 e. The third-order valence-electron chi connectivity index (χ3n) is 4.38. The predicted molar refractivity (Wildman–Crippen MR) is 84.0 cm³/mol. The van der Waals surface area contributed by atoms with Gasteiger partial charge in [-0.2, -0.15) is 0 Å². The van der Waals surface area contributed by atoms with E-state index in [0.717, 1.165) is 44.4 Å². The number of carbonyl (C=O) groups excluding carboxylic acids is 1. The van der Waals surface area contributed by atoms with Crippen molar-refractivity contribution in [2.24, 2.45) is 0 Å². The van der Waals surface area contributed by atoms with Crippen molar-refractivity contribution in [3.63, 3.8) is 0 Å². The van der Waals surface area contributed by atoms with Gasteiger partial charge in [0.2, 0.25) is 0 Å². The summed E-state index contributed by atoms with van der Waals surface area (Å²) >= 11 is 0. The van der Waals surface area contributed by atoms with E-state index in [4.69, 9.17) is 9.47 Å². The molecule has 0 aliphatic carbocycles. The van der Waals surface area contributed by atoms with E-state index in [1.54, 1.807) is 0 Å². The van der Waals surface area contributed by atoms with Crippen LogP contribution in [0.2, 0.25) is 0 Å². The minimum atomic E-state index is -0.706. The number of halogens is 2. The second kappa shape index (κ2) is 7.79. The van der Waals surface area contributed by atoms with Crippen LogP contribution in [0, 0.1) is 11.6 Å². The molecule has 0 radical (unpaired) electrons. The van der Waals surface area contributed by atoms with Crippen LogP contribution in [0.4, 0.5) is 13.6 Å². The SMILES string of the molecule is O=C(NCCCC1CCCCO1)NC1COc2cc(F)cc(F)c21. The van der Waals surface area contributed by atoms with Gasteiger partial charge < -0.3 is 20.1 Å². The molecule has 2 amide bonds. The molecule has 1 fully saturated rings. The summed E-state index contributed by atoms with van der Waals surface area (Å²) in [6.07, 6.45) is 5.45. The first-order chi connectivity index (χ1) is 11.6. The maximum Gasteiger partial charge on any atom is 0.315 e. The Balaban J connectivity index is 1.42. The maximum atomic E-state index is 13.9. The van der Waals surface area contributed by atoms with Crippen LogP contribution in [0.15, 0.2) is 12.1 Å². The summed E-state index contributed by atoms with van der Waals surface area (Å²) in [6.45, 7) is 1.45. The Morgan fingerprint density at radius 2 is 2.17 bits per heavy atom. The Hall–Kier alpha value is -1.89. The van der Waals surface area contributed by atoms with Crippen molar-refractivity contribution in [2.75, 3.05) is 19.8 Å². The average Bonchev–Trinajstić information content (AvgIpc) is 2.95. The fourth-order valence-electron chi connectivity index (χ4n) is 3.17. The summed E-state index contributed by atoms with van der Waals surface area (Å²) in [5.74, 6) is -1.25. The molecule has 2 atom stereocenters. The van der Waals surface area contributed by atoms with Gasteiger partial charge in [0.25, 0.3) is 0 Å². The Bertz CT molecular complexity index is 591. The highest BCUT2D eigenvalue weighted by atomic mass is 19.1. The lowest BCUT2D eigenvalue weighted by atomic mass is 10.0. The molecule has 1 aromatic rings. The van der Waals surface area contributed by atoms with Gasteiger partial charge in [-0.15, -0.1) is 0 Å². The van der Waals surface area contributed by atoms with Crippen molar-refractivity contribution < 1.29 is 23.0 Å². The van der Waals surface area contributed by atoms with Crippen LogP contribution < -0.4 is 15.4 Å². The largest absolute Gasteiger partial charge is 0.490 e. The van der Waals surface area contributed by atoms with Crippen LogP contribution in [-0.2, 0) is 4.74 Å². The number of rotatable bonds is 5. The maximum absolute atomic E-state index is 13.9. The predicted octanol–water partition coefficient (Wildman–Crippen LogP) is 3.05. The molecule has 0 spiro atoms. The summed E-state index contributed by atoms with van der Waals surface area (Å²) in [4.78, 5) is 11.9. The van der Waals surface area contributed by atoms with Gasteiger partial charge >= 0.3 is 6.03 Å². The molecule has 24 heavy (non-hydrogen) atoms. The number of hydrogen-bond donors (Lipinski definition) is 2. The molecule has 1 aromatic carbocycles. The summed E-state index contributed by atoms with van der Waals surface area (Å²) in [5, 5.41) is 5.42. The molecule has 132 valence electrons. The molecule has 1 saturated heterocycles. The van der Waals surface area contributed by atoms with Crippen molar-refractivity contribution >= 4 is 6.03 Å². The van der Waals surface area contributed by atoms with Gasteiger partial charge in [-0.1, -0.05) is 0 Å². The van der Waals surface area contributed by atoms with Crippen LogP contribution in [-0.4, -0.2) is 31.9 Å². The molecular formula is C17H22F2N2O3. The second-order valence-corrected chi connectivity index (χ2v) is 6.19. The standard InChI is InChI=1S/C17H22F2N2O3/c18-11-8-13(19)16-14(10-24-15(16)9-11)21-17(22)20-6-3-5-12-4-1-2-7-23-12/h8-9,12,14H,1-7,10H2,(H2,20,21,22). The topological polar surface area (TPSA) is 59.6 Å². The molecule has 2 unspecified atom stereocenters. The lowest BCUT2D eigenvalue weighted by Crippen LogP contribution is -2.39. The fourth-order valence-corrected chi connectivity index (χ4v) is 3.17. The van der Waals surface area contributed by atoms with Crippen molar-refractivity contribution in [1.29, 1.82) is 0 Å².